The number of rotatable bonds is 7. The second kappa shape index (κ2) is 6.82. The van der Waals surface area contributed by atoms with Gasteiger partial charge in [0.2, 0.25) is 0 Å². The van der Waals surface area contributed by atoms with Gasteiger partial charge in [0.15, 0.2) is 17.2 Å². The van der Waals surface area contributed by atoms with E-state index in [-0.39, 0.29) is 47.8 Å². The third kappa shape index (κ3) is 2.25. The number of aromatic nitrogens is 3. The predicted molar refractivity (Wildman–Crippen MR) is 132 cm³/mol. The van der Waals surface area contributed by atoms with Gasteiger partial charge in [-0.15, -0.1) is 0 Å². The number of fused-ring (bicyclic) bond motifs is 2. The minimum absolute atomic E-state index is 0.00328. The Morgan fingerprint density at radius 3 is 2.62 bits per heavy atom. The van der Waals surface area contributed by atoms with Crippen LogP contribution in [0.4, 0.5) is 4.39 Å². The highest BCUT2D eigenvalue weighted by atomic mass is 19.1. The Hall–Kier alpha value is -3.86. The molecule has 7 aliphatic rings. The molecule has 1 aliphatic heterocycles. The molecule has 0 radical (unpaired) electrons. The molecule has 0 saturated heterocycles. The lowest BCUT2D eigenvalue weighted by atomic mass is 8.94. The van der Waals surface area contributed by atoms with Gasteiger partial charge in [0.05, 0.1) is 6.20 Å². The van der Waals surface area contributed by atoms with Gasteiger partial charge in [-0.25, -0.2) is 13.9 Å². The average Bonchev–Trinajstić information content (AvgIpc) is 3.34. The summed E-state index contributed by atoms with van der Waals surface area (Å²) in [7, 11) is 2.07. The Bertz CT molecular complexity index is 1630. The number of benzene rings is 1. The standard InChI is InChI=1S/C28H25FN6O4/c1-30-28-21-18-22(28)20-23(28)19(21)27(18,20)10-32-26(38)16-6-15(34-24-14(29)8-33-35(16)24)25(37)31-7-11-2-3-17-12(4-11)5-13(36)9-39-17/h2-4,6,8,18-23,30H,5,7,9-10H2,1H3,(H,31,37)(H,32,38). The van der Waals surface area contributed by atoms with Gasteiger partial charge in [-0.05, 0) is 65.7 Å². The molecular weight excluding hydrogens is 503 g/mol. The Balaban J connectivity index is 0.926. The van der Waals surface area contributed by atoms with Gasteiger partial charge < -0.3 is 20.7 Å². The van der Waals surface area contributed by atoms with Crippen molar-refractivity contribution in [2.75, 3.05) is 20.2 Å². The third-order valence-electron chi connectivity index (χ3n) is 11.1. The van der Waals surface area contributed by atoms with E-state index >= 15 is 0 Å². The molecule has 0 bridgehead atoms. The van der Waals surface area contributed by atoms with Crippen molar-refractivity contribution in [3.8, 4) is 5.75 Å². The van der Waals surface area contributed by atoms with Gasteiger partial charge in [0.1, 0.15) is 23.7 Å². The number of Topliss-reactive ketones (excluding diaryl/α,β-unsaturated/α-hetero) is 1. The summed E-state index contributed by atoms with van der Waals surface area (Å²) >= 11 is 0. The number of nitrogens with zero attached hydrogens (tertiary/aromatic N) is 3. The SMILES string of the molecule is CNC12C3C4C1C1C2C3C41CNC(=O)c1cc(C(=O)NCc2ccc3c(c2)CC(=O)CO3)nc2c(F)cnn12. The molecule has 39 heavy (non-hydrogen) atoms. The van der Waals surface area contributed by atoms with E-state index in [0.29, 0.717) is 35.6 Å². The van der Waals surface area contributed by atoms with Crippen molar-refractivity contribution in [3.63, 3.8) is 0 Å². The van der Waals surface area contributed by atoms with Gasteiger partial charge in [-0.1, -0.05) is 6.07 Å². The van der Waals surface area contributed by atoms with Crippen LogP contribution in [-0.2, 0) is 17.8 Å². The van der Waals surface area contributed by atoms with Crippen LogP contribution in [0.15, 0.2) is 30.5 Å². The molecule has 198 valence electrons. The molecule has 0 unspecified atom stereocenters. The van der Waals surface area contributed by atoms with Crippen LogP contribution in [0, 0.1) is 46.7 Å². The number of carbonyl (C=O) groups excluding carboxylic acids is 3. The summed E-state index contributed by atoms with van der Waals surface area (Å²) in [5, 5.41) is 13.4. The van der Waals surface area contributed by atoms with Gasteiger partial charge >= 0.3 is 0 Å². The maximum Gasteiger partial charge on any atom is 0.270 e. The smallest absolute Gasteiger partial charge is 0.270 e. The molecule has 10 nitrogen and oxygen atoms in total. The molecule has 3 N–H and O–H groups in total. The highest BCUT2D eigenvalue weighted by Gasteiger charge is 3.09. The maximum atomic E-state index is 14.5. The molecule has 6 fully saturated rings. The van der Waals surface area contributed by atoms with E-state index in [1.807, 2.05) is 12.1 Å². The van der Waals surface area contributed by atoms with Crippen LogP contribution in [0.3, 0.4) is 0 Å². The molecular formula is C28H25FN6O4. The second-order valence-corrected chi connectivity index (χ2v) is 12.0. The highest BCUT2D eigenvalue weighted by molar-refractivity contribution is 5.98. The molecule has 11 heteroatoms. The molecule has 0 spiro atoms. The molecule has 6 saturated carbocycles. The van der Waals surface area contributed by atoms with Crippen molar-refractivity contribution >= 4 is 23.2 Å². The van der Waals surface area contributed by atoms with Crippen LogP contribution in [0.25, 0.3) is 5.65 Å². The summed E-state index contributed by atoms with van der Waals surface area (Å²) in [6.07, 6.45) is 1.28. The molecule has 0 atom stereocenters. The van der Waals surface area contributed by atoms with Crippen LogP contribution in [0.5, 0.6) is 5.75 Å². The lowest BCUT2D eigenvalue weighted by Gasteiger charge is -3.11. The zero-order chi connectivity index (χ0) is 26.4. The summed E-state index contributed by atoms with van der Waals surface area (Å²) < 4.78 is 21.1. The van der Waals surface area contributed by atoms with Crippen molar-refractivity contribution < 1.29 is 23.5 Å². The van der Waals surface area contributed by atoms with E-state index in [4.69, 9.17) is 4.74 Å². The summed E-state index contributed by atoms with van der Waals surface area (Å²) in [6, 6.07) is 6.77. The number of amides is 2. The topological polar surface area (TPSA) is 127 Å². The molecule has 10 rings (SSSR count). The van der Waals surface area contributed by atoms with Crippen molar-refractivity contribution in [2.24, 2.45) is 40.9 Å². The van der Waals surface area contributed by atoms with E-state index in [2.05, 4.69) is 33.1 Å². The first-order valence-corrected chi connectivity index (χ1v) is 13.5. The fraction of sp³-hybridized carbons (Fsp3) is 0.464. The van der Waals surface area contributed by atoms with Gasteiger partial charge in [0.25, 0.3) is 11.8 Å². The Kier molecular flexibility index (Phi) is 3.85. The summed E-state index contributed by atoms with van der Waals surface area (Å²) in [4.78, 5) is 42.2. The van der Waals surface area contributed by atoms with E-state index in [9.17, 15) is 18.8 Å². The number of hydrogen-bond acceptors (Lipinski definition) is 7. The summed E-state index contributed by atoms with van der Waals surface area (Å²) in [5.41, 5.74) is 2.02. The largest absolute Gasteiger partial charge is 0.486 e. The van der Waals surface area contributed by atoms with E-state index in [1.54, 1.807) is 6.07 Å². The third-order valence-corrected chi connectivity index (χ3v) is 11.1. The quantitative estimate of drug-likeness (QED) is 0.413. The number of ketones is 1. The fourth-order valence-corrected chi connectivity index (χ4v) is 9.86. The minimum atomic E-state index is -0.711. The molecule has 3 heterocycles. The van der Waals surface area contributed by atoms with Crippen LogP contribution in [-0.4, -0.2) is 57.9 Å². The van der Waals surface area contributed by atoms with Crippen LogP contribution >= 0.6 is 0 Å². The number of halogens is 1. The zero-order valence-corrected chi connectivity index (χ0v) is 21.0. The summed E-state index contributed by atoms with van der Waals surface area (Å²) in [6.45, 7) is 0.842. The van der Waals surface area contributed by atoms with E-state index in [0.717, 1.165) is 39.6 Å². The van der Waals surface area contributed by atoms with Crippen molar-refractivity contribution in [3.05, 3.63) is 58.8 Å². The van der Waals surface area contributed by atoms with Crippen molar-refractivity contribution in [1.82, 2.24) is 30.5 Å². The number of hydrogen-bond donors (Lipinski definition) is 3. The lowest BCUT2D eigenvalue weighted by Crippen LogP contribution is -3.15. The molecule has 2 amide bonds. The molecule has 6 aliphatic carbocycles. The first-order chi connectivity index (χ1) is 18.9. The van der Waals surface area contributed by atoms with Crippen molar-refractivity contribution in [2.45, 2.75) is 18.5 Å². The zero-order valence-electron chi connectivity index (χ0n) is 21.0. The summed E-state index contributed by atoms with van der Waals surface area (Å²) in [5.74, 6) is 3.44. The van der Waals surface area contributed by atoms with Crippen LogP contribution in [0.2, 0.25) is 0 Å². The van der Waals surface area contributed by atoms with Crippen molar-refractivity contribution in [1.29, 1.82) is 0 Å². The van der Waals surface area contributed by atoms with E-state index in [1.165, 1.54) is 6.07 Å². The Morgan fingerprint density at radius 1 is 1.10 bits per heavy atom. The Morgan fingerprint density at radius 2 is 1.87 bits per heavy atom. The fourth-order valence-electron chi connectivity index (χ4n) is 9.86. The molecule has 3 aromatic rings. The van der Waals surface area contributed by atoms with Crippen LogP contribution in [0.1, 0.15) is 32.1 Å². The lowest BCUT2D eigenvalue weighted by molar-refractivity contribution is -0.623. The second-order valence-electron chi connectivity index (χ2n) is 12.0. The predicted octanol–water partition coefficient (Wildman–Crippen LogP) is 0.742. The maximum absolute atomic E-state index is 14.5. The van der Waals surface area contributed by atoms with Gasteiger partial charge in [-0.2, -0.15) is 5.10 Å². The number of nitrogens with one attached hydrogen (secondary N) is 3. The Labute approximate surface area is 221 Å². The number of ether oxygens (including phenoxy) is 1. The molecule has 1 aromatic carbocycles. The normalized spacial score (nSPS) is 36.7. The minimum Gasteiger partial charge on any atom is -0.486 e. The molecule has 2 aromatic heterocycles. The number of carbonyl (C=O) groups is 3. The van der Waals surface area contributed by atoms with Gasteiger partial charge in [-0.3, -0.25) is 14.4 Å². The van der Waals surface area contributed by atoms with Gasteiger partial charge in [0, 0.05) is 36.7 Å². The first kappa shape index (κ1) is 22.0. The van der Waals surface area contributed by atoms with Crippen LogP contribution < -0.4 is 20.7 Å². The van der Waals surface area contributed by atoms with E-state index < -0.39 is 17.6 Å². The first-order valence-electron chi connectivity index (χ1n) is 13.5. The highest BCUT2D eigenvalue weighted by Crippen LogP contribution is 3.06. The average molecular weight is 529 g/mol. The monoisotopic (exact) mass is 528 g/mol.